The molecule has 0 aromatic carbocycles. The number of nitrogens with zero attached hydrogens (tertiary/aromatic N) is 1. The molecule has 3 aliphatic heterocycles. The summed E-state index contributed by atoms with van der Waals surface area (Å²) in [6, 6.07) is 0. The summed E-state index contributed by atoms with van der Waals surface area (Å²) in [6.07, 6.45) is 5.10. The maximum atomic E-state index is 14.7. The molecule has 2 saturated carbocycles. The van der Waals surface area contributed by atoms with E-state index in [-0.39, 0.29) is 103 Å². The van der Waals surface area contributed by atoms with Crippen LogP contribution in [0.15, 0.2) is 11.6 Å². The molecule has 5 fully saturated rings. The van der Waals surface area contributed by atoms with Crippen molar-refractivity contribution in [2.45, 2.75) is 153 Å². The Bertz CT molecular complexity index is 1340. The van der Waals surface area contributed by atoms with E-state index in [2.05, 4.69) is 32.0 Å². The van der Waals surface area contributed by atoms with Gasteiger partial charge in [0.05, 0.1) is 30.8 Å². The molecule has 0 spiro atoms. The lowest BCUT2D eigenvalue weighted by molar-refractivity contribution is -0.314. The van der Waals surface area contributed by atoms with E-state index < -0.39 is 18.3 Å². The maximum absolute atomic E-state index is 14.7. The van der Waals surface area contributed by atoms with Crippen molar-refractivity contribution < 1.29 is 52.3 Å². The highest BCUT2D eigenvalue weighted by atomic mass is 16.7. The van der Waals surface area contributed by atoms with Crippen LogP contribution in [0.25, 0.3) is 0 Å². The van der Waals surface area contributed by atoms with Crippen LogP contribution in [-0.4, -0.2) is 126 Å². The Kier molecular flexibility index (Phi) is 14.1. The lowest BCUT2D eigenvalue weighted by atomic mass is 9.65. The normalized spacial score (nSPS) is 44.8. The third-order valence-electron chi connectivity index (χ3n) is 13.5. The molecule has 12 nitrogen and oxygen atoms in total. The number of rotatable bonds is 10. The fourth-order valence-corrected chi connectivity index (χ4v) is 11.0. The van der Waals surface area contributed by atoms with Gasteiger partial charge in [0.15, 0.2) is 18.4 Å². The summed E-state index contributed by atoms with van der Waals surface area (Å²) in [5, 5.41) is 0. The summed E-state index contributed by atoms with van der Waals surface area (Å²) < 4.78 is 49.4. The molecule has 54 heavy (non-hydrogen) atoms. The van der Waals surface area contributed by atoms with E-state index in [9.17, 15) is 14.4 Å². The van der Waals surface area contributed by atoms with Gasteiger partial charge in [-0.05, 0) is 102 Å². The average Bonchev–Trinajstić information content (AvgIpc) is 3.70. The third-order valence-corrected chi connectivity index (χ3v) is 13.5. The van der Waals surface area contributed by atoms with Crippen molar-refractivity contribution in [3.05, 3.63) is 11.6 Å². The van der Waals surface area contributed by atoms with Crippen LogP contribution in [0.5, 0.6) is 0 Å². The van der Waals surface area contributed by atoms with E-state index in [0.717, 1.165) is 32.2 Å². The number of hydrogen-bond donors (Lipinski definition) is 0. The Balaban J connectivity index is 1.23. The van der Waals surface area contributed by atoms with Crippen molar-refractivity contribution in [1.82, 2.24) is 4.90 Å². The van der Waals surface area contributed by atoms with Crippen LogP contribution in [-0.2, 0) is 52.3 Å². The number of cyclic esters (lactones) is 1. The van der Waals surface area contributed by atoms with E-state index >= 15 is 0 Å². The van der Waals surface area contributed by atoms with Gasteiger partial charge in [-0.2, -0.15) is 0 Å². The zero-order valence-electron chi connectivity index (χ0n) is 34.1. The minimum Gasteiger partial charge on any atom is -0.462 e. The largest absolute Gasteiger partial charge is 0.462 e. The second-order valence-corrected chi connectivity index (χ2v) is 17.4. The predicted molar refractivity (Wildman–Crippen MR) is 199 cm³/mol. The molecule has 0 N–H and O–H groups in total. The van der Waals surface area contributed by atoms with Crippen molar-refractivity contribution in [2.24, 2.45) is 41.4 Å². The molecule has 4 unspecified atom stereocenters. The van der Waals surface area contributed by atoms with Crippen molar-refractivity contribution in [3.8, 4) is 0 Å². The maximum Gasteiger partial charge on any atom is 0.306 e. The van der Waals surface area contributed by atoms with Crippen molar-refractivity contribution in [1.29, 1.82) is 0 Å². The Hall–Kier alpha value is -1.77. The van der Waals surface area contributed by atoms with E-state index in [1.807, 2.05) is 20.8 Å². The fourth-order valence-electron chi connectivity index (χ4n) is 11.0. The lowest BCUT2D eigenvalue weighted by Gasteiger charge is -2.44. The van der Waals surface area contributed by atoms with E-state index in [1.165, 1.54) is 0 Å². The van der Waals surface area contributed by atoms with E-state index in [1.54, 1.807) is 21.3 Å². The molecule has 12 heteroatoms. The number of Topliss-reactive ketones (excluding diaryl/α,β-unsaturated/α-hetero) is 2. The third kappa shape index (κ3) is 9.01. The van der Waals surface area contributed by atoms with Crippen LogP contribution < -0.4 is 0 Å². The first-order valence-corrected chi connectivity index (χ1v) is 20.7. The molecule has 3 saturated heterocycles. The van der Waals surface area contributed by atoms with Gasteiger partial charge in [0.1, 0.15) is 30.2 Å². The van der Waals surface area contributed by atoms with Crippen LogP contribution in [0.3, 0.4) is 0 Å². The van der Waals surface area contributed by atoms with Crippen LogP contribution in [0.1, 0.15) is 91.9 Å². The smallest absolute Gasteiger partial charge is 0.306 e. The highest BCUT2D eigenvalue weighted by Gasteiger charge is 2.56. The highest BCUT2D eigenvalue weighted by Crippen LogP contribution is 2.56. The summed E-state index contributed by atoms with van der Waals surface area (Å²) in [5.74, 6) is -0.852. The van der Waals surface area contributed by atoms with Crippen LogP contribution in [0.2, 0.25) is 0 Å². The van der Waals surface area contributed by atoms with Crippen LogP contribution in [0, 0.1) is 41.4 Å². The molecule has 0 aromatic rings. The van der Waals surface area contributed by atoms with Crippen molar-refractivity contribution in [3.63, 3.8) is 0 Å². The van der Waals surface area contributed by atoms with Crippen LogP contribution >= 0.6 is 0 Å². The molecular weight excluding hydrogens is 694 g/mol. The monoisotopic (exact) mass is 761 g/mol. The first kappa shape index (κ1) is 41.9. The first-order chi connectivity index (χ1) is 25.8. The predicted octanol–water partition coefficient (Wildman–Crippen LogP) is 5.14. The zero-order chi connectivity index (χ0) is 38.8. The molecule has 0 aromatic heterocycles. The van der Waals surface area contributed by atoms with Gasteiger partial charge in [-0.1, -0.05) is 19.9 Å². The topological polar surface area (TPSA) is 128 Å². The Labute approximate surface area is 322 Å². The van der Waals surface area contributed by atoms with Crippen LogP contribution in [0.4, 0.5) is 0 Å². The van der Waals surface area contributed by atoms with Gasteiger partial charge in [0, 0.05) is 58.5 Å². The number of hydrogen-bond acceptors (Lipinski definition) is 12. The second-order valence-electron chi connectivity index (χ2n) is 17.4. The number of ether oxygens (including phenoxy) is 8. The minimum absolute atomic E-state index is 0.00847. The summed E-state index contributed by atoms with van der Waals surface area (Å²) >= 11 is 0. The second kappa shape index (κ2) is 18.2. The van der Waals surface area contributed by atoms with Crippen molar-refractivity contribution in [2.75, 3.05) is 42.0 Å². The van der Waals surface area contributed by atoms with Gasteiger partial charge < -0.3 is 42.8 Å². The van der Waals surface area contributed by atoms with E-state index in [0.29, 0.717) is 43.6 Å². The number of fused-ring (bicyclic) bond motifs is 5. The first-order valence-electron chi connectivity index (χ1n) is 20.7. The average molecular weight is 762 g/mol. The number of ketones is 2. The fraction of sp³-hybridized carbons (Fsp3) is 0.881. The molecule has 6 rings (SSSR count). The number of allylic oxidation sites excluding steroid dienone is 2. The Morgan fingerprint density at radius 3 is 2.24 bits per heavy atom. The molecule has 17 atom stereocenters. The molecule has 3 heterocycles. The van der Waals surface area contributed by atoms with Gasteiger partial charge in [-0.25, -0.2) is 0 Å². The molecular formula is C42H67NO11. The Morgan fingerprint density at radius 1 is 0.815 bits per heavy atom. The molecule has 0 amide bonds. The molecule has 6 aliphatic rings. The quantitative estimate of drug-likeness (QED) is 0.274. The van der Waals surface area contributed by atoms with Gasteiger partial charge in [0.25, 0.3) is 0 Å². The van der Waals surface area contributed by atoms with Gasteiger partial charge >= 0.3 is 5.97 Å². The van der Waals surface area contributed by atoms with Crippen molar-refractivity contribution >= 4 is 17.5 Å². The standard InChI is InChI=1S/C42H67NO11/c1-10-26-12-11-13-35(54-37-15-25(21-43(5)6)14-22(2)50-37)23(3)38(46)33-18-29-28-16-27(17-32(28)34(44)19-30(29)31(33)20-36(45)52-26)53-42-41(49-9)40(48-8)39(47-7)24(4)51-42/h18,22-32,35,37,39-42H,10-17,19-21H2,1-9H3/t22?,23-,24?,25+,26+,27+,28+,29+,30-,31+,32-,35+,37+,39+,40?,41?,42+/m1/s1. The zero-order valence-corrected chi connectivity index (χ0v) is 34.1. The van der Waals surface area contributed by atoms with Gasteiger partial charge in [0.2, 0.25) is 0 Å². The molecule has 0 radical (unpaired) electrons. The summed E-state index contributed by atoms with van der Waals surface area (Å²) in [4.78, 5) is 44.5. The number of carbonyl (C=O) groups is 3. The van der Waals surface area contributed by atoms with Gasteiger partial charge in [-0.3, -0.25) is 14.4 Å². The molecule has 0 bridgehead atoms. The SMILES string of the molecule is CC[C@H]1CCC[C@H](O[C@H]2C[C@@H](CN(C)C)CC(C)O2)[C@@H](C)C(=O)C2=C[C@@H]3[C@@H](CC(=O)[C@@H]4C[C@@H](O[C@@H]5OC(C)[C@H](OC)C(OC)C5OC)C[C@@H]34)[C@@H]2CC(=O)O1. The highest BCUT2D eigenvalue weighted by molar-refractivity contribution is 5.99. The van der Waals surface area contributed by atoms with E-state index in [4.69, 9.17) is 37.9 Å². The summed E-state index contributed by atoms with van der Waals surface area (Å²) in [6.45, 7) is 9.01. The summed E-state index contributed by atoms with van der Waals surface area (Å²) in [5.41, 5.74) is 0.662. The minimum atomic E-state index is -0.691. The summed E-state index contributed by atoms with van der Waals surface area (Å²) in [7, 11) is 9.06. The number of methoxy groups -OCH3 is 3. The lowest BCUT2D eigenvalue weighted by Crippen LogP contribution is -2.59. The number of carbonyl (C=O) groups excluding carboxylic acids is 3. The number of esters is 1. The molecule has 3 aliphatic carbocycles. The van der Waals surface area contributed by atoms with Gasteiger partial charge in [-0.15, -0.1) is 0 Å². The Morgan fingerprint density at radius 2 is 1.56 bits per heavy atom. The molecule has 306 valence electrons.